The van der Waals surface area contributed by atoms with E-state index in [9.17, 15) is 4.79 Å². The van der Waals surface area contributed by atoms with E-state index in [-0.39, 0.29) is 12.0 Å². The molecule has 0 amide bonds. The highest BCUT2D eigenvalue weighted by atomic mass is 35.5. The van der Waals surface area contributed by atoms with E-state index in [1.165, 1.54) is 0 Å². The fourth-order valence-corrected chi connectivity index (χ4v) is 2.95. The van der Waals surface area contributed by atoms with E-state index < -0.39 is 0 Å². The molecule has 0 saturated carbocycles. The van der Waals surface area contributed by atoms with E-state index in [0.717, 1.165) is 31.7 Å². The monoisotopic (exact) mass is 310 g/mol. The van der Waals surface area contributed by atoms with Crippen LogP contribution < -0.4 is 0 Å². The Hall–Kier alpha value is -1.10. The SMILES string of the molecule is CCOC(=O)CC(c1ccccc1Cl)N1CCN(C)CC1. The topological polar surface area (TPSA) is 32.8 Å². The van der Waals surface area contributed by atoms with Crippen LogP contribution >= 0.6 is 11.6 Å². The molecule has 0 spiro atoms. The van der Waals surface area contributed by atoms with Crippen LogP contribution in [0.2, 0.25) is 5.02 Å². The summed E-state index contributed by atoms with van der Waals surface area (Å²) in [7, 11) is 2.12. The zero-order valence-corrected chi connectivity index (χ0v) is 13.5. The van der Waals surface area contributed by atoms with E-state index in [1.807, 2.05) is 31.2 Å². The molecule has 1 atom stereocenters. The summed E-state index contributed by atoms with van der Waals surface area (Å²) in [4.78, 5) is 16.6. The molecule has 116 valence electrons. The van der Waals surface area contributed by atoms with Crippen molar-refractivity contribution in [1.82, 2.24) is 9.80 Å². The fraction of sp³-hybridized carbons (Fsp3) is 0.562. The number of carbonyl (C=O) groups is 1. The van der Waals surface area contributed by atoms with Crippen LogP contribution in [0.5, 0.6) is 0 Å². The molecule has 0 N–H and O–H groups in total. The Balaban J connectivity index is 2.18. The molecule has 1 fully saturated rings. The normalized spacial score (nSPS) is 18.4. The molecule has 0 aliphatic carbocycles. The lowest BCUT2D eigenvalue weighted by Gasteiger charge is -2.38. The van der Waals surface area contributed by atoms with Crippen molar-refractivity contribution < 1.29 is 9.53 Å². The van der Waals surface area contributed by atoms with Gasteiger partial charge < -0.3 is 9.64 Å². The number of ether oxygens (including phenoxy) is 1. The minimum absolute atomic E-state index is 0.00792. The molecule has 0 aromatic heterocycles. The van der Waals surface area contributed by atoms with Gasteiger partial charge >= 0.3 is 5.97 Å². The second kappa shape index (κ2) is 7.78. The summed E-state index contributed by atoms with van der Waals surface area (Å²) >= 11 is 6.34. The maximum absolute atomic E-state index is 11.9. The minimum atomic E-state index is -0.165. The number of hydrogen-bond donors (Lipinski definition) is 0. The highest BCUT2D eigenvalue weighted by Gasteiger charge is 2.27. The van der Waals surface area contributed by atoms with Gasteiger partial charge in [-0.1, -0.05) is 29.8 Å². The number of piperazine rings is 1. The van der Waals surface area contributed by atoms with Gasteiger partial charge in [0.25, 0.3) is 0 Å². The number of carbonyl (C=O) groups excluding carboxylic acids is 1. The summed E-state index contributed by atoms with van der Waals surface area (Å²) in [5, 5.41) is 0.714. The lowest BCUT2D eigenvalue weighted by atomic mass is 10.0. The number of halogens is 1. The highest BCUT2D eigenvalue weighted by Crippen LogP contribution is 2.31. The van der Waals surface area contributed by atoms with E-state index in [1.54, 1.807) is 0 Å². The van der Waals surface area contributed by atoms with Gasteiger partial charge in [-0.25, -0.2) is 0 Å². The van der Waals surface area contributed by atoms with Gasteiger partial charge in [0.15, 0.2) is 0 Å². The Bertz CT molecular complexity index is 473. The van der Waals surface area contributed by atoms with Crippen LogP contribution in [0.15, 0.2) is 24.3 Å². The smallest absolute Gasteiger partial charge is 0.307 e. The molecule has 1 saturated heterocycles. The average Bonchev–Trinajstić information content (AvgIpc) is 2.47. The number of nitrogens with zero attached hydrogens (tertiary/aromatic N) is 2. The first-order valence-electron chi connectivity index (χ1n) is 7.44. The van der Waals surface area contributed by atoms with Crippen molar-refractivity contribution >= 4 is 17.6 Å². The van der Waals surface area contributed by atoms with Gasteiger partial charge in [-0.2, -0.15) is 0 Å². The molecule has 0 radical (unpaired) electrons. The van der Waals surface area contributed by atoms with Crippen LogP contribution in [0.25, 0.3) is 0 Å². The Morgan fingerprint density at radius 3 is 2.57 bits per heavy atom. The van der Waals surface area contributed by atoms with Gasteiger partial charge in [0, 0.05) is 37.2 Å². The predicted molar refractivity (Wildman–Crippen MR) is 84.5 cm³/mol. The summed E-state index contributed by atoms with van der Waals surface area (Å²) in [5.74, 6) is -0.165. The number of likely N-dealkylation sites (N-methyl/N-ethyl adjacent to an activating group) is 1. The standard InChI is InChI=1S/C16H23ClN2O2/c1-3-21-16(20)12-15(13-6-4-5-7-14(13)17)19-10-8-18(2)9-11-19/h4-7,15H,3,8-12H2,1-2H3. The first-order chi connectivity index (χ1) is 10.1. The molecule has 4 nitrogen and oxygen atoms in total. The molecule has 1 heterocycles. The van der Waals surface area contributed by atoms with Crippen LogP contribution in [0, 0.1) is 0 Å². The van der Waals surface area contributed by atoms with Gasteiger partial charge in [-0.15, -0.1) is 0 Å². The molecule has 1 aromatic carbocycles. The summed E-state index contributed by atoms with van der Waals surface area (Å²) in [6, 6.07) is 7.76. The Kier molecular flexibility index (Phi) is 6.03. The molecule has 1 aliphatic rings. The van der Waals surface area contributed by atoms with E-state index in [0.29, 0.717) is 18.1 Å². The highest BCUT2D eigenvalue weighted by molar-refractivity contribution is 6.31. The zero-order valence-electron chi connectivity index (χ0n) is 12.7. The number of hydrogen-bond acceptors (Lipinski definition) is 4. The molecule has 2 rings (SSSR count). The van der Waals surface area contributed by atoms with Crippen molar-refractivity contribution in [3.05, 3.63) is 34.9 Å². The Morgan fingerprint density at radius 1 is 1.29 bits per heavy atom. The second-order valence-corrected chi connectivity index (χ2v) is 5.79. The fourth-order valence-electron chi connectivity index (χ4n) is 2.69. The van der Waals surface area contributed by atoms with Crippen molar-refractivity contribution in [2.24, 2.45) is 0 Å². The Labute approximate surface area is 131 Å². The summed E-state index contributed by atoms with van der Waals surface area (Å²) in [5.41, 5.74) is 1.01. The van der Waals surface area contributed by atoms with Gasteiger partial charge in [0.1, 0.15) is 0 Å². The van der Waals surface area contributed by atoms with Gasteiger partial charge in [-0.3, -0.25) is 9.69 Å². The van der Waals surface area contributed by atoms with Crippen molar-refractivity contribution in [3.63, 3.8) is 0 Å². The second-order valence-electron chi connectivity index (χ2n) is 5.39. The molecule has 5 heteroatoms. The quantitative estimate of drug-likeness (QED) is 0.783. The maximum atomic E-state index is 11.9. The third-order valence-electron chi connectivity index (χ3n) is 3.91. The molecule has 1 aromatic rings. The van der Waals surface area contributed by atoms with E-state index in [4.69, 9.17) is 16.3 Å². The summed E-state index contributed by atoms with van der Waals surface area (Å²) < 4.78 is 5.13. The van der Waals surface area contributed by atoms with Crippen molar-refractivity contribution in [1.29, 1.82) is 0 Å². The number of benzene rings is 1. The average molecular weight is 311 g/mol. The van der Waals surface area contributed by atoms with Crippen molar-refractivity contribution in [2.75, 3.05) is 39.8 Å². The first kappa shape index (κ1) is 16.3. The number of rotatable bonds is 5. The lowest BCUT2D eigenvalue weighted by molar-refractivity contribution is -0.144. The Morgan fingerprint density at radius 2 is 1.95 bits per heavy atom. The minimum Gasteiger partial charge on any atom is -0.466 e. The van der Waals surface area contributed by atoms with Crippen LogP contribution in [-0.4, -0.2) is 55.6 Å². The van der Waals surface area contributed by atoms with Gasteiger partial charge in [-0.05, 0) is 25.6 Å². The van der Waals surface area contributed by atoms with Crippen LogP contribution in [-0.2, 0) is 9.53 Å². The maximum Gasteiger partial charge on any atom is 0.307 e. The molecule has 1 unspecified atom stereocenters. The van der Waals surface area contributed by atoms with Crippen LogP contribution in [0.3, 0.4) is 0 Å². The summed E-state index contributed by atoms with van der Waals surface area (Å²) in [6.07, 6.45) is 0.348. The zero-order chi connectivity index (χ0) is 15.2. The molecule has 21 heavy (non-hydrogen) atoms. The predicted octanol–water partition coefficient (Wildman–Crippen LogP) is 2.58. The van der Waals surface area contributed by atoms with Crippen molar-refractivity contribution in [3.8, 4) is 0 Å². The third kappa shape index (κ3) is 4.43. The van der Waals surface area contributed by atoms with E-state index in [2.05, 4.69) is 16.8 Å². The number of esters is 1. The largest absolute Gasteiger partial charge is 0.466 e. The third-order valence-corrected chi connectivity index (χ3v) is 4.25. The summed E-state index contributed by atoms with van der Waals surface area (Å²) in [6.45, 7) is 6.13. The lowest BCUT2D eigenvalue weighted by Crippen LogP contribution is -2.46. The molecule has 0 bridgehead atoms. The first-order valence-corrected chi connectivity index (χ1v) is 7.82. The van der Waals surface area contributed by atoms with Gasteiger partial charge in [0.05, 0.1) is 13.0 Å². The molecule has 1 aliphatic heterocycles. The molecular formula is C16H23ClN2O2. The van der Waals surface area contributed by atoms with E-state index >= 15 is 0 Å². The van der Waals surface area contributed by atoms with Crippen LogP contribution in [0.4, 0.5) is 0 Å². The van der Waals surface area contributed by atoms with Crippen molar-refractivity contribution in [2.45, 2.75) is 19.4 Å². The van der Waals surface area contributed by atoms with Crippen LogP contribution in [0.1, 0.15) is 24.9 Å². The van der Waals surface area contributed by atoms with Gasteiger partial charge in [0.2, 0.25) is 0 Å². The molecular weight excluding hydrogens is 288 g/mol.